The van der Waals surface area contributed by atoms with Crippen LogP contribution in [-0.4, -0.2) is 28.8 Å². The van der Waals surface area contributed by atoms with Gasteiger partial charge in [-0.1, -0.05) is 12.1 Å². The summed E-state index contributed by atoms with van der Waals surface area (Å²) in [5.74, 6) is 0.779. The van der Waals surface area contributed by atoms with Crippen molar-refractivity contribution in [3.63, 3.8) is 0 Å². The number of thioether (sulfide) groups is 1. The molecule has 1 aromatic heterocycles. The van der Waals surface area contributed by atoms with Crippen LogP contribution >= 0.6 is 11.8 Å². The molecule has 4 nitrogen and oxygen atoms in total. The summed E-state index contributed by atoms with van der Waals surface area (Å²) in [5, 5.41) is 0. The van der Waals surface area contributed by atoms with E-state index in [0.717, 1.165) is 16.7 Å². The second-order valence-corrected chi connectivity index (χ2v) is 4.40. The summed E-state index contributed by atoms with van der Waals surface area (Å²) in [7, 11) is 1.39. The monoisotopic (exact) mass is 248 g/mol. The Hall–Kier alpha value is -1.62. The highest BCUT2D eigenvalue weighted by Crippen LogP contribution is 2.13. The number of fused-ring (bicyclic) bond motifs is 1. The van der Waals surface area contributed by atoms with Crippen molar-refractivity contribution in [2.75, 3.05) is 12.9 Å². The molecule has 1 heterocycles. The average Bonchev–Trinajstić information content (AvgIpc) is 2.38. The molecule has 5 heteroatoms. The van der Waals surface area contributed by atoms with Crippen LogP contribution in [0.1, 0.15) is 5.69 Å². The van der Waals surface area contributed by atoms with Crippen LogP contribution < -0.4 is 0 Å². The molecule has 0 aliphatic heterocycles. The number of benzene rings is 1. The van der Waals surface area contributed by atoms with E-state index in [2.05, 4.69) is 14.7 Å². The van der Waals surface area contributed by atoms with E-state index in [1.807, 2.05) is 24.3 Å². The molecule has 0 fully saturated rings. The molecule has 2 aromatic rings. The van der Waals surface area contributed by atoms with Gasteiger partial charge in [0.2, 0.25) is 0 Å². The molecule has 0 bridgehead atoms. The Kier molecular flexibility index (Phi) is 3.93. The van der Waals surface area contributed by atoms with Crippen molar-refractivity contribution in [2.24, 2.45) is 0 Å². The van der Waals surface area contributed by atoms with Crippen molar-refractivity contribution in [3.8, 4) is 0 Å². The number of nitrogens with zero attached hydrogens (tertiary/aromatic N) is 2. The highest BCUT2D eigenvalue weighted by Gasteiger charge is 2.03. The minimum atomic E-state index is -0.219. The zero-order valence-electron chi connectivity index (χ0n) is 9.42. The van der Waals surface area contributed by atoms with Crippen LogP contribution in [0.2, 0.25) is 0 Å². The summed E-state index contributed by atoms with van der Waals surface area (Å²) in [6.07, 6.45) is 1.74. The summed E-state index contributed by atoms with van der Waals surface area (Å²) in [5.41, 5.74) is 2.63. The molecule has 1 aromatic carbocycles. The molecule has 2 rings (SSSR count). The highest BCUT2D eigenvalue weighted by atomic mass is 32.2. The number of methoxy groups -OCH3 is 1. The van der Waals surface area contributed by atoms with Crippen molar-refractivity contribution >= 4 is 28.8 Å². The zero-order chi connectivity index (χ0) is 12.1. The van der Waals surface area contributed by atoms with Crippen LogP contribution in [-0.2, 0) is 15.3 Å². The van der Waals surface area contributed by atoms with Gasteiger partial charge < -0.3 is 4.74 Å². The fourth-order valence-corrected chi connectivity index (χ4v) is 2.10. The summed E-state index contributed by atoms with van der Waals surface area (Å²) in [6, 6.07) is 7.72. The molecular formula is C12H12N2O2S. The molecule has 0 atom stereocenters. The molecule has 88 valence electrons. The van der Waals surface area contributed by atoms with Crippen molar-refractivity contribution < 1.29 is 9.53 Å². The van der Waals surface area contributed by atoms with Crippen LogP contribution in [0.3, 0.4) is 0 Å². The van der Waals surface area contributed by atoms with Gasteiger partial charge in [0, 0.05) is 11.9 Å². The Morgan fingerprint density at radius 3 is 2.88 bits per heavy atom. The van der Waals surface area contributed by atoms with Gasteiger partial charge in [-0.25, -0.2) is 4.98 Å². The average molecular weight is 248 g/mol. The van der Waals surface area contributed by atoms with E-state index in [4.69, 9.17) is 0 Å². The minimum absolute atomic E-state index is 0.219. The van der Waals surface area contributed by atoms with Gasteiger partial charge in [0.05, 0.1) is 29.6 Å². The molecule has 0 aliphatic rings. The summed E-state index contributed by atoms with van der Waals surface area (Å²) in [4.78, 5) is 19.7. The highest BCUT2D eigenvalue weighted by molar-refractivity contribution is 7.99. The van der Waals surface area contributed by atoms with E-state index in [1.165, 1.54) is 18.9 Å². The zero-order valence-corrected chi connectivity index (χ0v) is 10.2. The van der Waals surface area contributed by atoms with Crippen molar-refractivity contribution in [3.05, 3.63) is 36.2 Å². The van der Waals surface area contributed by atoms with E-state index < -0.39 is 0 Å². The van der Waals surface area contributed by atoms with Crippen LogP contribution in [0, 0.1) is 0 Å². The molecule has 0 spiro atoms. The number of rotatable bonds is 4. The topological polar surface area (TPSA) is 52.1 Å². The lowest BCUT2D eigenvalue weighted by Gasteiger charge is -2.02. The van der Waals surface area contributed by atoms with Crippen molar-refractivity contribution in [1.82, 2.24) is 9.97 Å². The Morgan fingerprint density at radius 2 is 2.12 bits per heavy atom. The lowest BCUT2D eigenvalue weighted by atomic mass is 10.3. The summed E-state index contributed by atoms with van der Waals surface area (Å²) < 4.78 is 4.56. The first-order valence-electron chi connectivity index (χ1n) is 5.15. The third-order valence-corrected chi connectivity index (χ3v) is 3.14. The minimum Gasteiger partial charge on any atom is -0.468 e. The quantitative estimate of drug-likeness (QED) is 0.775. The normalized spacial score (nSPS) is 10.4. The number of ether oxygens (including phenoxy) is 1. The molecule has 0 amide bonds. The van der Waals surface area contributed by atoms with E-state index in [9.17, 15) is 4.79 Å². The van der Waals surface area contributed by atoms with E-state index >= 15 is 0 Å². The van der Waals surface area contributed by atoms with Gasteiger partial charge in [-0.2, -0.15) is 0 Å². The first-order valence-corrected chi connectivity index (χ1v) is 6.30. The largest absolute Gasteiger partial charge is 0.468 e. The number of carbonyl (C=O) groups excluding carboxylic acids is 1. The van der Waals surface area contributed by atoms with E-state index in [1.54, 1.807) is 6.20 Å². The molecule has 0 N–H and O–H groups in total. The Morgan fingerprint density at radius 1 is 1.35 bits per heavy atom. The standard InChI is InChI=1S/C12H12N2O2S/c1-16-12(15)8-17-7-9-6-13-10-4-2-3-5-11(10)14-9/h2-6H,7-8H2,1H3. The van der Waals surface area contributed by atoms with Crippen LogP contribution in [0.25, 0.3) is 11.0 Å². The lowest BCUT2D eigenvalue weighted by Crippen LogP contribution is -2.03. The molecule has 0 saturated carbocycles. The smallest absolute Gasteiger partial charge is 0.315 e. The first kappa shape index (κ1) is 11.9. The van der Waals surface area contributed by atoms with Gasteiger partial charge in [-0.05, 0) is 12.1 Å². The Labute approximate surface area is 103 Å². The fourth-order valence-electron chi connectivity index (χ4n) is 1.36. The summed E-state index contributed by atoms with van der Waals surface area (Å²) in [6.45, 7) is 0. The molecule has 0 saturated heterocycles. The Balaban J connectivity index is 2.02. The van der Waals surface area contributed by atoms with Gasteiger partial charge in [0.25, 0.3) is 0 Å². The van der Waals surface area contributed by atoms with Gasteiger partial charge in [-0.3, -0.25) is 9.78 Å². The predicted molar refractivity (Wildman–Crippen MR) is 67.7 cm³/mol. The maximum Gasteiger partial charge on any atom is 0.315 e. The molecular weight excluding hydrogens is 236 g/mol. The molecule has 0 radical (unpaired) electrons. The van der Waals surface area contributed by atoms with Gasteiger partial charge in [0.15, 0.2) is 0 Å². The maximum atomic E-state index is 10.9. The van der Waals surface area contributed by atoms with E-state index in [-0.39, 0.29) is 5.97 Å². The third-order valence-electron chi connectivity index (χ3n) is 2.20. The molecule has 0 unspecified atom stereocenters. The number of esters is 1. The number of para-hydroxylation sites is 2. The van der Waals surface area contributed by atoms with Gasteiger partial charge >= 0.3 is 5.97 Å². The second-order valence-electron chi connectivity index (χ2n) is 3.42. The number of aromatic nitrogens is 2. The van der Waals surface area contributed by atoms with Crippen LogP contribution in [0.4, 0.5) is 0 Å². The second kappa shape index (κ2) is 5.63. The summed E-state index contributed by atoms with van der Waals surface area (Å²) >= 11 is 1.47. The van der Waals surface area contributed by atoms with Crippen molar-refractivity contribution in [1.29, 1.82) is 0 Å². The predicted octanol–water partition coefficient (Wildman–Crippen LogP) is 2.04. The number of carbonyl (C=O) groups is 1. The number of hydrogen-bond donors (Lipinski definition) is 0. The molecule has 0 aliphatic carbocycles. The van der Waals surface area contributed by atoms with Crippen molar-refractivity contribution in [2.45, 2.75) is 5.75 Å². The van der Waals surface area contributed by atoms with Crippen LogP contribution in [0.15, 0.2) is 30.5 Å². The maximum absolute atomic E-state index is 10.9. The fraction of sp³-hybridized carbons (Fsp3) is 0.250. The Bertz CT molecular complexity index is 531. The van der Waals surface area contributed by atoms with Gasteiger partial charge in [0.1, 0.15) is 0 Å². The SMILES string of the molecule is COC(=O)CSCc1cnc2ccccc2n1. The number of hydrogen-bond acceptors (Lipinski definition) is 5. The van der Waals surface area contributed by atoms with Crippen LogP contribution in [0.5, 0.6) is 0 Å². The van der Waals surface area contributed by atoms with E-state index in [0.29, 0.717) is 11.5 Å². The first-order chi connectivity index (χ1) is 8.29. The lowest BCUT2D eigenvalue weighted by molar-refractivity contribution is -0.137. The van der Waals surface area contributed by atoms with Gasteiger partial charge in [-0.15, -0.1) is 11.8 Å². The third kappa shape index (κ3) is 3.17. The molecule has 17 heavy (non-hydrogen) atoms.